The van der Waals surface area contributed by atoms with E-state index >= 15 is 0 Å². The van der Waals surface area contributed by atoms with E-state index in [4.69, 9.17) is 22.1 Å². The summed E-state index contributed by atoms with van der Waals surface area (Å²) in [7, 11) is 0. The molecule has 1 saturated carbocycles. The number of rotatable bonds is 5. The average Bonchev–Trinajstić information content (AvgIpc) is 2.41. The third kappa shape index (κ3) is 2.48. The van der Waals surface area contributed by atoms with E-state index in [0.717, 1.165) is 42.0 Å². The first-order valence-electron chi connectivity index (χ1n) is 7.28. The molecule has 0 spiro atoms. The molecule has 1 aromatic rings. The topological polar surface area (TPSA) is 35.2 Å². The van der Waals surface area contributed by atoms with Gasteiger partial charge in [0.15, 0.2) is 0 Å². The summed E-state index contributed by atoms with van der Waals surface area (Å²) < 4.78 is 6.18. The van der Waals surface area contributed by atoms with Gasteiger partial charge in [-0.2, -0.15) is 0 Å². The van der Waals surface area contributed by atoms with Crippen molar-refractivity contribution in [2.24, 2.45) is 11.1 Å². The van der Waals surface area contributed by atoms with Crippen LogP contribution in [0.2, 0.25) is 5.02 Å². The largest absolute Gasteiger partial charge is 0.490 e. The zero-order valence-corrected chi connectivity index (χ0v) is 12.8. The third-order valence-electron chi connectivity index (χ3n) is 4.84. The molecule has 0 bridgehead atoms. The third-order valence-corrected chi connectivity index (χ3v) is 5.21. The molecule has 0 amide bonds. The standard InChI is InChI=1S/C16H24ClNO/c1-4-11-9-12(7-8-13(11)17)19-15-10-14(18)16(15,5-2)6-3/h7-9,14-15H,4-6,10,18H2,1-3H3. The summed E-state index contributed by atoms with van der Waals surface area (Å²) in [5.74, 6) is 0.921. The second kappa shape index (κ2) is 5.72. The van der Waals surface area contributed by atoms with Crippen molar-refractivity contribution in [2.45, 2.75) is 58.6 Å². The van der Waals surface area contributed by atoms with Gasteiger partial charge in [0.05, 0.1) is 0 Å². The first-order chi connectivity index (χ1) is 9.07. The van der Waals surface area contributed by atoms with Crippen molar-refractivity contribution in [1.29, 1.82) is 0 Å². The molecule has 3 heteroatoms. The van der Waals surface area contributed by atoms with Crippen LogP contribution < -0.4 is 10.5 Å². The van der Waals surface area contributed by atoms with Gasteiger partial charge in [-0.25, -0.2) is 0 Å². The van der Waals surface area contributed by atoms with Crippen molar-refractivity contribution in [3.05, 3.63) is 28.8 Å². The van der Waals surface area contributed by atoms with Crippen LogP contribution in [-0.4, -0.2) is 12.1 Å². The molecular formula is C16H24ClNO. The van der Waals surface area contributed by atoms with Gasteiger partial charge in [0.2, 0.25) is 0 Å². The van der Waals surface area contributed by atoms with Crippen LogP contribution in [-0.2, 0) is 6.42 Å². The lowest BCUT2D eigenvalue weighted by molar-refractivity contribution is -0.0722. The number of halogens is 1. The maximum absolute atomic E-state index is 6.20. The van der Waals surface area contributed by atoms with Crippen molar-refractivity contribution in [3.8, 4) is 5.75 Å². The summed E-state index contributed by atoms with van der Waals surface area (Å²) in [4.78, 5) is 0. The molecule has 1 aromatic carbocycles. The summed E-state index contributed by atoms with van der Waals surface area (Å²) in [6, 6.07) is 6.21. The van der Waals surface area contributed by atoms with Crippen LogP contribution in [0.4, 0.5) is 0 Å². The highest BCUT2D eigenvalue weighted by Gasteiger charge is 2.52. The molecule has 2 nitrogen and oxygen atoms in total. The predicted octanol–water partition coefficient (Wildman–Crippen LogP) is 4.19. The molecular weight excluding hydrogens is 258 g/mol. The van der Waals surface area contributed by atoms with Gasteiger partial charge < -0.3 is 10.5 Å². The van der Waals surface area contributed by atoms with Crippen LogP contribution in [0.15, 0.2) is 18.2 Å². The Balaban J connectivity index is 2.14. The Bertz CT molecular complexity index is 442. The monoisotopic (exact) mass is 281 g/mol. The van der Waals surface area contributed by atoms with Crippen molar-refractivity contribution in [2.75, 3.05) is 0 Å². The first kappa shape index (κ1) is 14.7. The van der Waals surface area contributed by atoms with Crippen molar-refractivity contribution >= 4 is 11.6 Å². The smallest absolute Gasteiger partial charge is 0.120 e. The minimum Gasteiger partial charge on any atom is -0.490 e. The first-order valence-corrected chi connectivity index (χ1v) is 7.65. The number of hydrogen-bond donors (Lipinski definition) is 1. The van der Waals surface area contributed by atoms with Crippen LogP contribution in [0.1, 0.15) is 45.6 Å². The van der Waals surface area contributed by atoms with Crippen molar-refractivity contribution in [1.82, 2.24) is 0 Å². The van der Waals surface area contributed by atoms with Crippen LogP contribution >= 0.6 is 11.6 Å². The molecule has 2 atom stereocenters. The highest BCUT2D eigenvalue weighted by atomic mass is 35.5. The normalized spacial score (nSPS) is 24.9. The van der Waals surface area contributed by atoms with E-state index in [1.165, 1.54) is 0 Å². The Labute approximate surface area is 121 Å². The van der Waals surface area contributed by atoms with E-state index in [1.54, 1.807) is 0 Å². The summed E-state index contributed by atoms with van der Waals surface area (Å²) in [6.45, 7) is 6.52. The van der Waals surface area contributed by atoms with Gasteiger partial charge in [0, 0.05) is 22.9 Å². The molecule has 19 heavy (non-hydrogen) atoms. The molecule has 1 fully saturated rings. The Hall–Kier alpha value is -0.730. The number of benzene rings is 1. The number of aryl methyl sites for hydroxylation is 1. The summed E-state index contributed by atoms with van der Waals surface area (Å²) >= 11 is 6.14. The van der Waals surface area contributed by atoms with E-state index in [1.807, 2.05) is 12.1 Å². The molecule has 0 aromatic heterocycles. The zero-order chi connectivity index (χ0) is 14.0. The molecule has 1 aliphatic rings. The van der Waals surface area contributed by atoms with E-state index in [0.29, 0.717) is 0 Å². The van der Waals surface area contributed by atoms with Crippen LogP contribution in [0, 0.1) is 5.41 Å². The molecule has 0 aliphatic heterocycles. The Kier molecular flexibility index (Phi) is 4.42. The van der Waals surface area contributed by atoms with Gasteiger partial charge in [-0.15, -0.1) is 0 Å². The molecule has 0 radical (unpaired) electrons. The SMILES string of the molecule is CCc1cc(OC2CC(N)C2(CC)CC)ccc1Cl. The molecule has 2 rings (SSSR count). The molecule has 106 valence electrons. The van der Waals surface area contributed by atoms with Gasteiger partial charge in [0.1, 0.15) is 11.9 Å². The minimum atomic E-state index is 0.145. The lowest BCUT2D eigenvalue weighted by Crippen LogP contribution is -2.62. The summed E-state index contributed by atoms with van der Waals surface area (Å²) in [5, 5.41) is 0.817. The van der Waals surface area contributed by atoms with E-state index in [-0.39, 0.29) is 17.6 Å². The highest BCUT2D eigenvalue weighted by molar-refractivity contribution is 6.31. The van der Waals surface area contributed by atoms with E-state index in [9.17, 15) is 0 Å². The van der Waals surface area contributed by atoms with Gasteiger partial charge in [-0.3, -0.25) is 0 Å². The maximum Gasteiger partial charge on any atom is 0.120 e. The van der Waals surface area contributed by atoms with Crippen LogP contribution in [0.5, 0.6) is 5.75 Å². The average molecular weight is 282 g/mol. The van der Waals surface area contributed by atoms with E-state index < -0.39 is 0 Å². The summed E-state index contributed by atoms with van der Waals surface area (Å²) in [6.07, 6.45) is 4.26. The molecule has 1 aliphatic carbocycles. The van der Waals surface area contributed by atoms with Gasteiger partial charge in [-0.05, 0) is 43.0 Å². The second-order valence-electron chi connectivity index (χ2n) is 5.50. The fraction of sp³-hybridized carbons (Fsp3) is 0.625. The zero-order valence-electron chi connectivity index (χ0n) is 12.1. The second-order valence-corrected chi connectivity index (χ2v) is 5.90. The lowest BCUT2D eigenvalue weighted by atomic mass is 9.59. The predicted molar refractivity (Wildman–Crippen MR) is 80.9 cm³/mol. The number of hydrogen-bond acceptors (Lipinski definition) is 2. The van der Waals surface area contributed by atoms with Crippen LogP contribution in [0.25, 0.3) is 0 Å². The van der Waals surface area contributed by atoms with Gasteiger partial charge in [0.25, 0.3) is 0 Å². The quantitative estimate of drug-likeness (QED) is 0.878. The molecule has 0 heterocycles. The van der Waals surface area contributed by atoms with Crippen LogP contribution in [0.3, 0.4) is 0 Å². The fourth-order valence-electron chi connectivity index (χ4n) is 3.23. The number of ether oxygens (including phenoxy) is 1. The highest BCUT2D eigenvalue weighted by Crippen LogP contribution is 2.48. The van der Waals surface area contributed by atoms with E-state index in [2.05, 4.69) is 26.8 Å². The van der Waals surface area contributed by atoms with Gasteiger partial charge in [-0.1, -0.05) is 32.4 Å². The van der Waals surface area contributed by atoms with Crippen molar-refractivity contribution < 1.29 is 4.74 Å². The molecule has 2 unspecified atom stereocenters. The van der Waals surface area contributed by atoms with Gasteiger partial charge >= 0.3 is 0 Å². The maximum atomic E-state index is 6.20. The Morgan fingerprint density at radius 3 is 2.53 bits per heavy atom. The molecule has 0 saturated heterocycles. The fourth-order valence-corrected chi connectivity index (χ4v) is 3.48. The Morgan fingerprint density at radius 2 is 2.00 bits per heavy atom. The lowest BCUT2D eigenvalue weighted by Gasteiger charge is -2.53. The van der Waals surface area contributed by atoms with Crippen molar-refractivity contribution in [3.63, 3.8) is 0 Å². The minimum absolute atomic E-state index is 0.145. The Morgan fingerprint density at radius 1 is 1.32 bits per heavy atom. The summed E-state index contributed by atoms with van der Waals surface area (Å²) in [5.41, 5.74) is 7.49. The molecule has 2 N–H and O–H groups in total. The number of nitrogens with two attached hydrogens (primary N) is 1.